The molecule has 2 rings (SSSR count). The molecule has 0 saturated carbocycles. The Morgan fingerprint density at radius 2 is 1.81 bits per heavy atom. The van der Waals surface area contributed by atoms with Crippen molar-refractivity contribution in [3.8, 4) is 0 Å². The lowest BCUT2D eigenvalue weighted by Crippen LogP contribution is -2.47. The molecule has 0 aliphatic rings. The van der Waals surface area contributed by atoms with Crippen LogP contribution in [0.4, 0.5) is 5.13 Å². The number of carbonyl (C=O) groups excluding carboxylic acids is 2. The van der Waals surface area contributed by atoms with Crippen molar-refractivity contribution in [1.29, 1.82) is 0 Å². The lowest BCUT2D eigenvalue weighted by Gasteiger charge is -2.21. The molecule has 170 valence electrons. The maximum Gasteiger partial charge on any atom is 0.251 e. The van der Waals surface area contributed by atoms with Crippen LogP contribution in [0.1, 0.15) is 50.0 Å². The SMILES string of the molecule is CCc1nnc(NC(=O)[C@@H](NC(=O)c2cccc(S(=O)(=O)N(CC)CC)c2)C(C)C)s1. The van der Waals surface area contributed by atoms with Crippen molar-refractivity contribution in [2.45, 2.75) is 52.0 Å². The Morgan fingerprint density at radius 1 is 1.13 bits per heavy atom. The molecule has 1 aromatic carbocycles. The van der Waals surface area contributed by atoms with Gasteiger partial charge in [0, 0.05) is 18.7 Å². The second-order valence-corrected chi connectivity index (χ2v) is 10.2. The summed E-state index contributed by atoms with van der Waals surface area (Å²) in [6.07, 6.45) is 0.713. The normalized spacial score (nSPS) is 12.7. The van der Waals surface area contributed by atoms with Crippen LogP contribution in [0.3, 0.4) is 0 Å². The summed E-state index contributed by atoms with van der Waals surface area (Å²) in [5, 5.41) is 14.5. The van der Waals surface area contributed by atoms with Gasteiger partial charge in [-0.25, -0.2) is 8.42 Å². The monoisotopic (exact) mass is 467 g/mol. The molecule has 2 aromatic rings. The van der Waals surface area contributed by atoms with E-state index in [4.69, 9.17) is 0 Å². The van der Waals surface area contributed by atoms with E-state index in [-0.39, 0.29) is 16.4 Å². The van der Waals surface area contributed by atoms with Crippen LogP contribution >= 0.6 is 11.3 Å². The molecule has 0 unspecified atom stereocenters. The van der Waals surface area contributed by atoms with Crippen LogP contribution in [0, 0.1) is 5.92 Å². The summed E-state index contributed by atoms with van der Waals surface area (Å²) in [5.41, 5.74) is 0.163. The van der Waals surface area contributed by atoms with Crippen LogP contribution < -0.4 is 10.6 Å². The fourth-order valence-corrected chi connectivity index (χ4v) is 5.09. The number of carbonyl (C=O) groups is 2. The molecule has 0 radical (unpaired) electrons. The van der Waals surface area contributed by atoms with Crippen molar-refractivity contribution in [3.63, 3.8) is 0 Å². The fraction of sp³-hybridized carbons (Fsp3) is 0.500. The van der Waals surface area contributed by atoms with Crippen LogP contribution in [-0.2, 0) is 21.2 Å². The number of sulfonamides is 1. The zero-order chi connectivity index (χ0) is 23.2. The molecule has 1 atom stereocenters. The second kappa shape index (κ2) is 10.8. The van der Waals surface area contributed by atoms with Gasteiger partial charge in [0.05, 0.1) is 4.90 Å². The third kappa shape index (κ3) is 6.08. The molecule has 0 aliphatic carbocycles. The van der Waals surface area contributed by atoms with E-state index in [1.165, 1.54) is 39.9 Å². The summed E-state index contributed by atoms with van der Waals surface area (Å²) in [4.78, 5) is 25.6. The van der Waals surface area contributed by atoms with Gasteiger partial charge in [-0.3, -0.25) is 14.9 Å². The molecule has 31 heavy (non-hydrogen) atoms. The van der Waals surface area contributed by atoms with E-state index in [9.17, 15) is 18.0 Å². The molecule has 0 bridgehead atoms. The maximum atomic E-state index is 12.8. The number of anilines is 1. The van der Waals surface area contributed by atoms with Crippen LogP contribution in [0.2, 0.25) is 0 Å². The first-order valence-corrected chi connectivity index (χ1v) is 12.4. The highest BCUT2D eigenvalue weighted by atomic mass is 32.2. The van der Waals surface area contributed by atoms with Crippen molar-refractivity contribution in [1.82, 2.24) is 19.8 Å². The molecule has 9 nitrogen and oxygen atoms in total. The third-order valence-corrected chi connectivity index (χ3v) is 7.70. The van der Waals surface area contributed by atoms with Crippen molar-refractivity contribution >= 4 is 38.3 Å². The smallest absolute Gasteiger partial charge is 0.251 e. The standard InChI is InChI=1S/C20H29N5O4S2/c1-6-16-23-24-20(30-16)22-19(27)17(13(4)5)21-18(26)14-10-9-11-15(12-14)31(28,29)25(7-2)8-3/h9-13,17H,6-8H2,1-5H3,(H,21,26)(H,22,24,27)/t17-/m0/s1. The van der Waals surface area contributed by atoms with Gasteiger partial charge in [0.25, 0.3) is 5.91 Å². The summed E-state index contributed by atoms with van der Waals surface area (Å²) in [7, 11) is -3.70. The van der Waals surface area contributed by atoms with Gasteiger partial charge in [0.15, 0.2) is 0 Å². The van der Waals surface area contributed by atoms with Gasteiger partial charge in [-0.2, -0.15) is 4.31 Å². The first kappa shape index (κ1) is 24.9. The number of amides is 2. The average molecular weight is 468 g/mol. The van der Waals surface area contributed by atoms with Gasteiger partial charge in [-0.1, -0.05) is 52.0 Å². The lowest BCUT2D eigenvalue weighted by atomic mass is 10.0. The number of rotatable bonds is 10. The van der Waals surface area contributed by atoms with E-state index in [0.29, 0.717) is 24.6 Å². The number of benzene rings is 1. The van der Waals surface area contributed by atoms with Crippen LogP contribution in [0.5, 0.6) is 0 Å². The van der Waals surface area contributed by atoms with Gasteiger partial charge in [-0.15, -0.1) is 10.2 Å². The number of aromatic nitrogens is 2. The summed E-state index contributed by atoms with van der Waals surface area (Å²) in [6, 6.07) is 4.99. The Balaban J connectivity index is 2.20. The second-order valence-electron chi connectivity index (χ2n) is 7.16. The Morgan fingerprint density at radius 3 is 2.35 bits per heavy atom. The predicted molar refractivity (Wildman–Crippen MR) is 121 cm³/mol. The molecule has 0 spiro atoms. The van der Waals surface area contributed by atoms with Gasteiger partial charge in [0.1, 0.15) is 11.0 Å². The highest BCUT2D eigenvalue weighted by molar-refractivity contribution is 7.89. The molecule has 1 heterocycles. The van der Waals surface area contributed by atoms with E-state index < -0.39 is 27.9 Å². The molecular weight excluding hydrogens is 438 g/mol. The summed E-state index contributed by atoms with van der Waals surface area (Å²) in [5.74, 6) is -1.14. The Kier molecular flexibility index (Phi) is 8.66. The minimum absolute atomic E-state index is 0.0374. The van der Waals surface area contributed by atoms with E-state index >= 15 is 0 Å². The minimum Gasteiger partial charge on any atom is -0.340 e. The third-order valence-electron chi connectivity index (χ3n) is 4.67. The summed E-state index contributed by atoms with van der Waals surface area (Å²) in [6.45, 7) is 9.73. The van der Waals surface area contributed by atoms with Crippen molar-refractivity contribution < 1.29 is 18.0 Å². The number of nitrogens with zero attached hydrogens (tertiary/aromatic N) is 3. The number of hydrogen-bond acceptors (Lipinski definition) is 7. The molecule has 2 amide bonds. The van der Waals surface area contributed by atoms with Crippen molar-refractivity contribution in [2.24, 2.45) is 5.92 Å². The molecule has 0 saturated heterocycles. The molecule has 2 N–H and O–H groups in total. The van der Waals surface area contributed by atoms with Gasteiger partial charge in [0.2, 0.25) is 21.1 Å². The largest absolute Gasteiger partial charge is 0.340 e. The first-order chi connectivity index (χ1) is 14.6. The van der Waals surface area contributed by atoms with Gasteiger partial charge >= 0.3 is 0 Å². The number of nitrogens with one attached hydrogen (secondary N) is 2. The average Bonchev–Trinajstić information content (AvgIpc) is 3.19. The van der Waals surface area contributed by atoms with Crippen molar-refractivity contribution in [3.05, 3.63) is 34.8 Å². The lowest BCUT2D eigenvalue weighted by molar-refractivity contribution is -0.118. The highest BCUT2D eigenvalue weighted by Gasteiger charge is 2.27. The fourth-order valence-electron chi connectivity index (χ4n) is 2.90. The predicted octanol–water partition coefficient (Wildman–Crippen LogP) is 2.52. The molecule has 1 aromatic heterocycles. The molecule has 0 fully saturated rings. The molecule has 0 aliphatic heterocycles. The zero-order valence-electron chi connectivity index (χ0n) is 18.4. The van der Waals surface area contributed by atoms with Gasteiger partial charge in [-0.05, 0) is 30.5 Å². The Labute approximate surface area is 187 Å². The van der Waals surface area contributed by atoms with Crippen LogP contribution in [0.25, 0.3) is 0 Å². The van der Waals surface area contributed by atoms with E-state index in [1.54, 1.807) is 13.8 Å². The number of aryl methyl sites for hydroxylation is 1. The molecule has 11 heteroatoms. The van der Waals surface area contributed by atoms with E-state index in [2.05, 4.69) is 20.8 Å². The zero-order valence-corrected chi connectivity index (χ0v) is 20.0. The topological polar surface area (TPSA) is 121 Å². The summed E-state index contributed by atoms with van der Waals surface area (Å²) >= 11 is 1.28. The van der Waals surface area contributed by atoms with Gasteiger partial charge < -0.3 is 5.32 Å². The minimum atomic E-state index is -3.70. The summed E-state index contributed by atoms with van der Waals surface area (Å²) < 4.78 is 26.8. The van der Waals surface area contributed by atoms with E-state index in [0.717, 1.165) is 5.01 Å². The Hall–Kier alpha value is -2.37. The highest BCUT2D eigenvalue weighted by Crippen LogP contribution is 2.19. The Bertz CT molecular complexity index is 1020. The van der Waals surface area contributed by atoms with E-state index in [1.807, 2.05) is 20.8 Å². The van der Waals surface area contributed by atoms with Crippen LogP contribution in [0.15, 0.2) is 29.2 Å². The molecular formula is C20H29N5O4S2. The first-order valence-electron chi connectivity index (χ1n) is 10.2. The quantitative estimate of drug-likeness (QED) is 0.554. The maximum absolute atomic E-state index is 12.8. The van der Waals surface area contributed by atoms with Crippen molar-refractivity contribution in [2.75, 3.05) is 18.4 Å². The number of hydrogen-bond donors (Lipinski definition) is 2. The van der Waals surface area contributed by atoms with Crippen LogP contribution in [-0.4, -0.2) is 53.9 Å².